The molecule has 1 N–H and O–H groups in total. The molecule has 1 aliphatic rings. The van der Waals surface area contributed by atoms with Gasteiger partial charge in [-0.15, -0.1) is 0 Å². The van der Waals surface area contributed by atoms with Crippen LogP contribution in [0.4, 0.5) is 0 Å². The molecule has 0 saturated carbocycles. The van der Waals surface area contributed by atoms with Crippen molar-refractivity contribution in [3.8, 4) is 5.75 Å². The second-order valence-electron chi connectivity index (χ2n) is 12.5. The van der Waals surface area contributed by atoms with Gasteiger partial charge >= 0.3 is 5.97 Å². The Balaban J connectivity index is 2.11. The number of hydrogen-bond acceptors (Lipinski definition) is 4. The first-order chi connectivity index (χ1) is 17.9. The van der Waals surface area contributed by atoms with E-state index >= 15 is 0 Å². The van der Waals surface area contributed by atoms with Crippen molar-refractivity contribution < 1.29 is 23.9 Å². The molecule has 2 atom stereocenters. The Morgan fingerprint density at radius 2 is 1.71 bits per heavy atom. The zero-order valence-corrected chi connectivity index (χ0v) is 25.8. The molecule has 2 rings (SSSR count). The van der Waals surface area contributed by atoms with Crippen LogP contribution in [0.25, 0.3) is 0 Å². The second-order valence-corrected chi connectivity index (χ2v) is 17.3. The highest BCUT2D eigenvalue weighted by molar-refractivity contribution is 6.74. The average molecular weight is 545 g/mol. The van der Waals surface area contributed by atoms with Gasteiger partial charge in [-0.1, -0.05) is 89.6 Å². The summed E-state index contributed by atoms with van der Waals surface area (Å²) in [6, 6.07) is 9.92. The lowest BCUT2D eigenvalue weighted by molar-refractivity contribution is -0.137. The van der Waals surface area contributed by atoms with Crippen molar-refractivity contribution in [2.45, 2.75) is 129 Å². The minimum atomic E-state index is -2.00. The first kappa shape index (κ1) is 32.3. The number of Topliss-reactive ketones (excluding diaryl/α,β-unsaturated/α-hetero) is 1. The molecule has 0 amide bonds. The van der Waals surface area contributed by atoms with E-state index in [9.17, 15) is 9.59 Å². The molecule has 1 aromatic carbocycles. The van der Waals surface area contributed by atoms with Crippen molar-refractivity contribution >= 4 is 20.1 Å². The van der Waals surface area contributed by atoms with E-state index in [0.717, 1.165) is 63.5 Å². The summed E-state index contributed by atoms with van der Waals surface area (Å²) in [5.74, 6) is 0.493. The van der Waals surface area contributed by atoms with Gasteiger partial charge in [0.05, 0.1) is 11.5 Å². The molecule has 0 bridgehead atoms. The first-order valence-electron chi connectivity index (χ1n) is 14.7. The maximum absolute atomic E-state index is 13.4. The van der Waals surface area contributed by atoms with Crippen LogP contribution in [0.1, 0.15) is 105 Å². The predicted octanol–water partition coefficient (Wildman–Crippen LogP) is 8.74. The lowest BCUT2D eigenvalue weighted by atomic mass is 9.71. The number of ether oxygens (including phenoxy) is 1. The van der Waals surface area contributed by atoms with Crippen molar-refractivity contribution in [2.75, 3.05) is 6.61 Å². The highest BCUT2D eigenvalue weighted by Crippen LogP contribution is 2.47. The number of ketones is 1. The second kappa shape index (κ2) is 15.0. The number of allylic oxidation sites excluding steroid dienone is 2. The number of carboxylic acid groups (broad SMARTS) is 1. The van der Waals surface area contributed by atoms with Crippen molar-refractivity contribution in [1.29, 1.82) is 0 Å². The Morgan fingerprint density at radius 3 is 2.34 bits per heavy atom. The molecular formula is C32H52O5Si. The molecule has 0 spiro atoms. The summed E-state index contributed by atoms with van der Waals surface area (Å²) in [5.41, 5.74) is 0.940. The van der Waals surface area contributed by atoms with Gasteiger partial charge in [0.25, 0.3) is 0 Å². The number of para-hydroxylation sites is 1. The largest absolute Gasteiger partial charge is 0.491 e. The van der Waals surface area contributed by atoms with E-state index in [1.54, 1.807) is 0 Å². The third-order valence-corrected chi connectivity index (χ3v) is 13.1. The molecule has 38 heavy (non-hydrogen) atoms. The van der Waals surface area contributed by atoms with Crippen LogP contribution in [-0.4, -0.2) is 37.9 Å². The molecule has 1 aliphatic carbocycles. The number of rotatable bonds is 18. The Bertz CT molecular complexity index is 902. The van der Waals surface area contributed by atoms with Gasteiger partial charge in [0.15, 0.2) is 8.32 Å². The summed E-state index contributed by atoms with van der Waals surface area (Å²) in [6.45, 7) is 14.1. The maximum Gasteiger partial charge on any atom is 0.303 e. The third kappa shape index (κ3) is 9.67. The highest BCUT2D eigenvalue weighted by Gasteiger charge is 2.44. The minimum Gasteiger partial charge on any atom is -0.491 e. The normalized spacial score (nSPS) is 18.9. The molecule has 5 nitrogen and oxygen atoms in total. The minimum absolute atomic E-state index is 0.0346. The lowest BCUT2D eigenvalue weighted by Crippen LogP contribution is -2.45. The third-order valence-electron chi connectivity index (χ3n) is 8.57. The number of hydrogen-bond donors (Lipinski definition) is 1. The van der Waals surface area contributed by atoms with E-state index in [1.165, 1.54) is 5.57 Å². The van der Waals surface area contributed by atoms with Gasteiger partial charge in [-0.2, -0.15) is 0 Å². The number of carbonyl (C=O) groups excluding carboxylic acids is 1. The van der Waals surface area contributed by atoms with Crippen LogP contribution in [0, 0.1) is 5.41 Å². The summed E-state index contributed by atoms with van der Waals surface area (Å²) in [4.78, 5) is 24.2. The molecule has 0 aromatic heterocycles. The molecule has 0 heterocycles. The summed E-state index contributed by atoms with van der Waals surface area (Å²) in [5, 5.41) is 9.01. The van der Waals surface area contributed by atoms with Crippen molar-refractivity contribution in [3.05, 3.63) is 42.0 Å². The van der Waals surface area contributed by atoms with Gasteiger partial charge in [0.1, 0.15) is 18.1 Å². The Morgan fingerprint density at radius 1 is 1.05 bits per heavy atom. The standard InChI is InChI=1S/C32H52O5Si/c1-7-8-23-32(24-15-10-9-14-18-30(34)35)26(20-22-29(32)33)19-21-28(37-38(5,6)31(2,3)4)25-36-27-16-12-11-13-17-27/h11-13,16-17,20,28H,7-10,14-15,18-19,21-25H2,1-6H3,(H,34,35)/t28?,32-/m1/s1. The van der Waals surface area contributed by atoms with Crippen LogP contribution in [0.15, 0.2) is 42.0 Å². The summed E-state index contributed by atoms with van der Waals surface area (Å²) < 4.78 is 13.0. The van der Waals surface area contributed by atoms with Gasteiger partial charge in [0.2, 0.25) is 0 Å². The van der Waals surface area contributed by atoms with Crippen molar-refractivity contribution in [2.24, 2.45) is 5.41 Å². The van der Waals surface area contributed by atoms with Gasteiger partial charge in [0, 0.05) is 12.8 Å². The maximum atomic E-state index is 13.4. The fourth-order valence-corrected chi connectivity index (χ4v) is 6.55. The quantitative estimate of drug-likeness (QED) is 0.114. The lowest BCUT2D eigenvalue weighted by Gasteiger charge is -2.39. The van der Waals surface area contributed by atoms with Crippen LogP contribution >= 0.6 is 0 Å². The molecule has 1 unspecified atom stereocenters. The van der Waals surface area contributed by atoms with Crippen molar-refractivity contribution in [1.82, 2.24) is 0 Å². The van der Waals surface area contributed by atoms with Gasteiger partial charge in [-0.05, 0) is 62.4 Å². The summed E-state index contributed by atoms with van der Waals surface area (Å²) >= 11 is 0. The van der Waals surface area contributed by atoms with E-state index < -0.39 is 14.3 Å². The number of benzene rings is 1. The average Bonchev–Trinajstić information content (AvgIpc) is 3.16. The topological polar surface area (TPSA) is 72.8 Å². The number of carbonyl (C=O) groups is 2. The molecule has 0 saturated heterocycles. The van der Waals surface area contributed by atoms with Crippen LogP contribution in [0.3, 0.4) is 0 Å². The van der Waals surface area contributed by atoms with Crippen LogP contribution in [0.2, 0.25) is 18.1 Å². The molecule has 0 fully saturated rings. The number of aliphatic carboxylic acids is 1. The van der Waals surface area contributed by atoms with Gasteiger partial charge in [-0.3, -0.25) is 9.59 Å². The van der Waals surface area contributed by atoms with E-state index in [0.29, 0.717) is 25.2 Å². The highest BCUT2D eigenvalue weighted by atomic mass is 28.4. The zero-order valence-electron chi connectivity index (χ0n) is 24.8. The summed E-state index contributed by atoms with van der Waals surface area (Å²) in [7, 11) is -2.00. The SMILES string of the molecule is CCCC[C@]1(CCCCCCC(=O)O)C(=O)CC=C1CCC(COc1ccccc1)O[Si](C)(C)C(C)(C)C. The smallest absolute Gasteiger partial charge is 0.303 e. The molecule has 6 heteroatoms. The van der Waals surface area contributed by atoms with Gasteiger partial charge in [-0.25, -0.2) is 0 Å². The molecular weight excluding hydrogens is 492 g/mol. The van der Waals surface area contributed by atoms with Crippen LogP contribution in [0.5, 0.6) is 5.75 Å². The van der Waals surface area contributed by atoms with E-state index in [4.69, 9.17) is 14.3 Å². The number of carboxylic acids is 1. The number of unbranched alkanes of at least 4 members (excludes halogenated alkanes) is 4. The fraction of sp³-hybridized carbons (Fsp3) is 0.688. The van der Waals surface area contributed by atoms with Crippen molar-refractivity contribution in [3.63, 3.8) is 0 Å². The summed E-state index contributed by atoms with van der Waals surface area (Å²) in [6.07, 6.45) is 12.1. The zero-order chi connectivity index (χ0) is 28.2. The Hall–Kier alpha value is -1.92. The van der Waals surface area contributed by atoms with E-state index in [2.05, 4.69) is 46.9 Å². The molecule has 1 aromatic rings. The molecule has 214 valence electrons. The fourth-order valence-electron chi connectivity index (χ4n) is 5.18. The predicted molar refractivity (Wildman–Crippen MR) is 158 cm³/mol. The van der Waals surface area contributed by atoms with Crippen LogP contribution in [-0.2, 0) is 14.0 Å². The van der Waals surface area contributed by atoms with E-state index in [-0.39, 0.29) is 23.0 Å². The van der Waals surface area contributed by atoms with E-state index in [1.807, 2.05) is 30.3 Å². The monoisotopic (exact) mass is 544 g/mol. The van der Waals surface area contributed by atoms with Gasteiger partial charge < -0.3 is 14.3 Å². The first-order valence-corrected chi connectivity index (χ1v) is 17.6. The van der Waals surface area contributed by atoms with Crippen LogP contribution < -0.4 is 4.74 Å². The molecule has 0 aliphatic heterocycles. The Labute approximate surface area is 232 Å². The molecule has 0 radical (unpaired) electrons. The Kier molecular flexibility index (Phi) is 12.8.